The number of hydrogen-bond acceptors (Lipinski definition) is 3. The maximum absolute atomic E-state index is 10.8. The molecule has 1 aromatic heterocycles. The van der Waals surface area contributed by atoms with Gasteiger partial charge in [-0.15, -0.1) is 11.3 Å². The van der Waals surface area contributed by atoms with Crippen LogP contribution >= 0.6 is 11.3 Å². The highest BCUT2D eigenvalue weighted by atomic mass is 32.1. The molecular weight excluding hydrogens is 200 g/mol. The van der Waals surface area contributed by atoms with Crippen molar-refractivity contribution in [3.63, 3.8) is 0 Å². The van der Waals surface area contributed by atoms with E-state index in [1.807, 2.05) is 13.8 Å². The minimum atomic E-state index is -0.946. The van der Waals surface area contributed by atoms with Gasteiger partial charge in [0.25, 0.3) is 0 Å². The molecule has 0 spiro atoms. The smallest absolute Gasteiger partial charge is 0.346 e. The summed E-state index contributed by atoms with van der Waals surface area (Å²) < 4.78 is 0. The first-order valence-electron chi connectivity index (χ1n) is 4.35. The van der Waals surface area contributed by atoms with E-state index in [1.165, 1.54) is 0 Å². The second-order valence-electron chi connectivity index (χ2n) is 3.52. The van der Waals surface area contributed by atoms with Crippen molar-refractivity contribution < 1.29 is 14.7 Å². The van der Waals surface area contributed by atoms with E-state index < -0.39 is 5.97 Å². The lowest BCUT2D eigenvalue weighted by Crippen LogP contribution is -2.00. The summed E-state index contributed by atoms with van der Waals surface area (Å²) in [6.07, 6.45) is 1.40. The predicted octanol–water partition coefficient (Wildman–Crippen LogP) is 2.46. The predicted molar refractivity (Wildman–Crippen MR) is 55.2 cm³/mol. The van der Waals surface area contributed by atoms with Gasteiger partial charge < -0.3 is 5.11 Å². The van der Waals surface area contributed by atoms with Crippen molar-refractivity contribution in [1.82, 2.24) is 0 Å². The number of aldehydes is 1. The molecule has 0 saturated carbocycles. The van der Waals surface area contributed by atoms with E-state index in [1.54, 1.807) is 6.07 Å². The van der Waals surface area contributed by atoms with Crippen molar-refractivity contribution in [2.24, 2.45) is 5.92 Å². The van der Waals surface area contributed by atoms with Crippen LogP contribution in [0.3, 0.4) is 0 Å². The van der Waals surface area contributed by atoms with Crippen LogP contribution in [0.15, 0.2) is 6.07 Å². The SMILES string of the molecule is CC(C)Cc1cc(C=O)sc1C(=O)O. The summed E-state index contributed by atoms with van der Waals surface area (Å²) in [4.78, 5) is 22.1. The van der Waals surface area contributed by atoms with Gasteiger partial charge in [0.15, 0.2) is 6.29 Å². The van der Waals surface area contributed by atoms with Gasteiger partial charge in [0.05, 0.1) is 4.88 Å². The third-order valence-corrected chi connectivity index (χ3v) is 2.86. The normalized spacial score (nSPS) is 10.5. The molecule has 0 unspecified atom stereocenters. The fraction of sp³-hybridized carbons (Fsp3) is 0.400. The number of hydrogen-bond donors (Lipinski definition) is 1. The number of carboxylic acids is 1. The maximum atomic E-state index is 10.8. The molecular formula is C10H12O3S. The second kappa shape index (κ2) is 4.37. The van der Waals surface area contributed by atoms with E-state index in [-0.39, 0.29) is 0 Å². The van der Waals surface area contributed by atoms with Crippen LogP contribution in [0.5, 0.6) is 0 Å². The van der Waals surface area contributed by atoms with Gasteiger partial charge in [-0.25, -0.2) is 4.79 Å². The molecule has 0 saturated heterocycles. The van der Waals surface area contributed by atoms with Gasteiger partial charge in [0, 0.05) is 0 Å². The van der Waals surface area contributed by atoms with Gasteiger partial charge in [-0.3, -0.25) is 4.79 Å². The van der Waals surface area contributed by atoms with Crippen molar-refractivity contribution in [2.75, 3.05) is 0 Å². The monoisotopic (exact) mass is 212 g/mol. The lowest BCUT2D eigenvalue weighted by molar-refractivity contribution is 0.0701. The highest BCUT2D eigenvalue weighted by Gasteiger charge is 2.15. The molecule has 0 aliphatic heterocycles. The average Bonchev–Trinajstić information content (AvgIpc) is 2.46. The number of carbonyl (C=O) groups excluding carboxylic acids is 1. The molecule has 1 N–H and O–H groups in total. The van der Waals surface area contributed by atoms with Crippen LogP contribution in [0.2, 0.25) is 0 Å². The second-order valence-corrected chi connectivity index (χ2v) is 4.61. The Balaban J connectivity index is 3.05. The molecule has 0 radical (unpaired) electrons. The van der Waals surface area contributed by atoms with Gasteiger partial charge in [-0.2, -0.15) is 0 Å². The lowest BCUT2D eigenvalue weighted by Gasteiger charge is -2.02. The molecule has 0 bridgehead atoms. The Hall–Kier alpha value is -1.16. The number of aromatic carboxylic acids is 1. The summed E-state index contributed by atoms with van der Waals surface area (Å²) in [5, 5.41) is 8.88. The van der Waals surface area contributed by atoms with Gasteiger partial charge in [-0.05, 0) is 24.0 Å². The average molecular weight is 212 g/mol. The minimum Gasteiger partial charge on any atom is -0.477 e. The molecule has 0 amide bonds. The topological polar surface area (TPSA) is 54.4 Å². The Morgan fingerprint density at radius 3 is 2.71 bits per heavy atom. The van der Waals surface area contributed by atoms with Gasteiger partial charge in [0.1, 0.15) is 4.88 Å². The Kier molecular flexibility index (Phi) is 3.41. The van der Waals surface area contributed by atoms with E-state index in [0.29, 0.717) is 28.4 Å². The molecule has 3 nitrogen and oxygen atoms in total. The quantitative estimate of drug-likeness (QED) is 0.780. The Bertz CT molecular complexity index is 352. The summed E-state index contributed by atoms with van der Waals surface area (Å²) in [7, 11) is 0. The van der Waals surface area contributed by atoms with Gasteiger partial charge in [-0.1, -0.05) is 13.8 Å². The van der Waals surface area contributed by atoms with Crippen LogP contribution in [-0.2, 0) is 6.42 Å². The summed E-state index contributed by atoms with van der Waals surface area (Å²) in [6.45, 7) is 4.04. The van der Waals surface area contributed by atoms with Crippen LogP contribution in [0, 0.1) is 5.92 Å². The molecule has 1 heterocycles. The first kappa shape index (κ1) is 10.9. The molecule has 4 heteroatoms. The van der Waals surface area contributed by atoms with E-state index in [0.717, 1.165) is 16.9 Å². The van der Waals surface area contributed by atoms with E-state index in [4.69, 9.17) is 5.11 Å². The first-order valence-corrected chi connectivity index (χ1v) is 5.17. The van der Waals surface area contributed by atoms with Crippen molar-refractivity contribution in [3.05, 3.63) is 21.4 Å². The minimum absolute atomic E-state index is 0.292. The first-order chi connectivity index (χ1) is 6.54. The number of carboxylic acid groups (broad SMARTS) is 1. The molecule has 0 aromatic carbocycles. The number of thiophene rings is 1. The molecule has 14 heavy (non-hydrogen) atoms. The van der Waals surface area contributed by atoms with Crippen LogP contribution in [-0.4, -0.2) is 17.4 Å². The highest BCUT2D eigenvalue weighted by Crippen LogP contribution is 2.23. The highest BCUT2D eigenvalue weighted by molar-refractivity contribution is 7.15. The third-order valence-electron chi connectivity index (χ3n) is 1.77. The largest absolute Gasteiger partial charge is 0.477 e. The molecule has 0 fully saturated rings. The maximum Gasteiger partial charge on any atom is 0.346 e. The summed E-state index contributed by atoms with van der Waals surface area (Å²) in [5.41, 5.74) is 0.764. The van der Waals surface area contributed by atoms with Crippen LogP contribution < -0.4 is 0 Å². The fourth-order valence-corrected chi connectivity index (χ4v) is 2.13. The zero-order chi connectivity index (χ0) is 10.7. The third kappa shape index (κ3) is 2.42. The van der Waals surface area contributed by atoms with Crippen LogP contribution in [0.4, 0.5) is 0 Å². The molecule has 0 atom stereocenters. The summed E-state index contributed by atoms with van der Waals surface area (Å²) in [6, 6.07) is 1.67. The number of carbonyl (C=O) groups is 2. The van der Waals surface area contributed by atoms with Crippen molar-refractivity contribution in [3.8, 4) is 0 Å². The molecule has 0 aliphatic carbocycles. The van der Waals surface area contributed by atoms with Gasteiger partial charge in [0.2, 0.25) is 0 Å². The Morgan fingerprint density at radius 1 is 1.64 bits per heavy atom. The Labute approximate surface area is 86.4 Å². The summed E-state index contributed by atoms with van der Waals surface area (Å²) >= 11 is 1.04. The zero-order valence-electron chi connectivity index (χ0n) is 8.11. The van der Waals surface area contributed by atoms with E-state index in [9.17, 15) is 9.59 Å². The fourth-order valence-electron chi connectivity index (χ4n) is 1.28. The molecule has 76 valence electrons. The zero-order valence-corrected chi connectivity index (χ0v) is 8.93. The van der Waals surface area contributed by atoms with Crippen molar-refractivity contribution >= 4 is 23.6 Å². The van der Waals surface area contributed by atoms with Crippen LogP contribution in [0.25, 0.3) is 0 Å². The summed E-state index contributed by atoms with van der Waals surface area (Å²) in [5.74, 6) is -0.555. The van der Waals surface area contributed by atoms with Crippen molar-refractivity contribution in [2.45, 2.75) is 20.3 Å². The number of rotatable bonds is 4. The van der Waals surface area contributed by atoms with E-state index >= 15 is 0 Å². The van der Waals surface area contributed by atoms with Gasteiger partial charge >= 0.3 is 5.97 Å². The standard InChI is InChI=1S/C10H12O3S/c1-6(2)3-7-4-8(5-11)14-9(7)10(12)13/h4-6H,3H2,1-2H3,(H,12,13). The Morgan fingerprint density at radius 2 is 2.29 bits per heavy atom. The molecule has 1 rings (SSSR count). The lowest BCUT2D eigenvalue weighted by atomic mass is 10.0. The van der Waals surface area contributed by atoms with E-state index in [2.05, 4.69) is 0 Å². The molecule has 1 aromatic rings. The molecule has 0 aliphatic rings. The van der Waals surface area contributed by atoms with Crippen LogP contribution in [0.1, 0.15) is 38.8 Å². The van der Waals surface area contributed by atoms with Crippen molar-refractivity contribution in [1.29, 1.82) is 0 Å².